The molecule has 51 heavy (non-hydrogen) atoms. The molecule has 2 fully saturated rings. The second kappa shape index (κ2) is 16.5. The topological polar surface area (TPSA) is 160 Å². The molecule has 12 nitrogen and oxygen atoms in total. The van der Waals surface area contributed by atoms with Crippen LogP contribution in [0.15, 0.2) is 83.3 Å². The molecule has 3 N–H and O–H groups in total. The number of hydrogen-bond acceptors (Lipinski definition) is 9. The van der Waals surface area contributed by atoms with Gasteiger partial charge in [0.25, 0.3) is 5.89 Å². The fraction of sp³-hybridized carbons (Fsp3) is 0.405. The van der Waals surface area contributed by atoms with Crippen molar-refractivity contribution in [2.24, 2.45) is 5.92 Å². The van der Waals surface area contributed by atoms with Crippen LogP contribution < -0.4 is 15.4 Å². The average Bonchev–Trinajstić information content (AvgIpc) is 3.77. The third-order valence-electron chi connectivity index (χ3n) is 9.41. The normalized spacial score (nSPS) is 19.5. The first-order valence-corrected chi connectivity index (χ1v) is 19.4. The highest BCUT2D eigenvalue weighted by molar-refractivity contribution is 7.88. The molecule has 4 aromatic rings. The number of oxazole rings is 1. The average molecular weight is 736 g/mol. The van der Waals surface area contributed by atoms with Crippen LogP contribution >= 0.6 is 11.6 Å². The van der Waals surface area contributed by atoms with Crippen LogP contribution in [-0.2, 0) is 31.0 Å². The summed E-state index contributed by atoms with van der Waals surface area (Å²) in [7, 11) is -3.77. The van der Waals surface area contributed by atoms with E-state index in [4.69, 9.17) is 20.8 Å². The minimum absolute atomic E-state index is 0.0505. The third kappa shape index (κ3) is 9.60. The van der Waals surface area contributed by atoms with Crippen LogP contribution in [0.4, 0.5) is 0 Å². The first-order chi connectivity index (χ1) is 24.5. The maximum Gasteiger partial charge on any atom is 0.266 e. The van der Waals surface area contributed by atoms with Gasteiger partial charge in [0.2, 0.25) is 27.6 Å². The van der Waals surface area contributed by atoms with E-state index in [0.29, 0.717) is 34.0 Å². The van der Waals surface area contributed by atoms with E-state index in [1.165, 1.54) is 4.90 Å². The lowest BCUT2D eigenvalue weighted by Gasteiger charge is -2.30. The first kappa shape index (κ1) is 36.6. The van der Waals surface area contributed by atoms with Crippen molar-refractivity contribution in [3.63, 3.8) is 0 Å². The number of halogens is 1. The van der Waals surface area contributed by atoms with Gasteiger partial charge in [-0.3, -0.25) is 14.4 Å². The van der Waals surface area contributed by atoms with Gasteiger partial charge in [0.15, 0.2) is 5.58 Å². The van der Waals surface area contributed by atoms with Crippen molar-refractivity contribution in [2.75, 3.05) is 25.9 Å². The van der Waals surface area contributed by atoms with Crippen molar-refractivity contribution in [1.82, 2.24) is 25.2 Å². The molecule has 2 aliphatic heterocycles. The molecule has 0 bridgehead atoms. The van der Waals surface area contributed by atoms with Crippen LogP contribution in [0.3, 0.4) is 0 Å². The predicted molar refractivity (Wildman–Crippen MR) is 192 cm³/mol. The number of sulfonamides is 1. The molecule has 4 atom stereocenters. The molecule has 3 aromatic carbocycles. The van der Waals surface area contributed by atoms with Crippen molar-refractivity contribution in [2.45, 2.75) is 62.9 Å². The van der Waals surface area contributed by atoms with Gasteiger partial charge in [-0.1, -0.05) is 66.2 Å². The van der Waals surface area contributed by atoms with Gasteiger partial charge in [-0.2, -0.15) is 0 Å². The number of carbonyl (C=O) groups is 3. The summed E-state index contributed by atoms with van der Waals surface area (Å²) < 4.78 is 39.5. The summed E-state index contributed by atoms with van der Waals surface area (Å²) in [5.74, 6) is -1.48. The fourth-order valence-electron chi connectivity index (χ4n) is 6.75. The number of fused-ring (bicyclic) bond motifs is 1. The highest BCUT2D eigenvalue weighted by atomic mass is 35.5. The van der Waals surface area contributed by atoms with Crippen molar-refractivity contribution in [1.29, 1.82) is 0 Å². The second-order valence-electron chi connectivity index (χ2n) is 13.2. The lowest BCUT2D eigenvalue weighted by molar-refractivity contribution is -0.140. The number of benzene rings is 3. The maximum absolute atomic E-state index is 14.3. The number of aromatic nitrogens is 1. The molecule has 0 saturated carbocycles. The van der Waals surface area contributed by atoms with Crippen LogP contribution in [-0.4, -0.2) is 80.0 Å². The Labute approximate surface area is 302 Å². The van der Waals surface area contributed by atoms with Gasteiger partial charge in [0.1, 0.15) is 23.6 Å². The van der Waals surface area contributed by atoms with Gasteiger partial charge in [-0.25, -0.2) is 18.1 Å². The van der Waals surface area contributed by atoms with Crippen LogP contribution in [0, 0.1) is 5.92 Å². The summed E-state index contributed by atoms with van der Waals surface area (Å²) in [4.78, 5) is 48.3. The number of amides is 2. The number of nitrogens with zero attached hydrogens (tertiary/aromatic N) is 2. The van der Waals surface area contributed by atoms with Crippen molar-refractivity contribution in [3.8, 4) is 0 Å². The lowest BCUT2D eigenvalue weighted by Crippen LogP contribution is -2.54. The Kier molecular flexibility index (Phi) is 11.8. The van der Waals surface area contributed by atoms with Crippen LogP contribution in [0.5, 0.6) is 0 Å². The number of carbonyl (C=O) groups excluding carboxylic acids is 3. The zero-order valence-electron chi connectivity index (χ0n) is 28.3. The summed E-state index contributed by atoms with van der Waals surface area (Å²) in [6.07, 6.45) is 3.40. The third-order valence-corrected chi connectivity index (χ3v) is 10.4. The minimum atomic E-state index is -3.77. The molecule has 2 amide bonds. The van der Waals surface area contributed by atoms with Gasteiger partial charge < -0.3 is 24.7 Å². The Morgan fingerprint density at radius 3 is 2.43 bits per heavy atom. The van der Waals surface area contributed by atoms with E-state index in [2.05, 4.69) is 20.3 Å². The van der Waals surface area contributed by atoms with E-state index in [-0.39, 0.29) is 31.9 Å². The van der Waals surface area contributed by atoms with Crippen molar-refractivity contribution in [3.05, 3.63) is 101 Å². The number of piperidine rings is 1. The summed E-state index contributed by atoms with van der Waals surface area (Å²) in [5, 5.41) is 6.79. The summed E-state index contributed by atoms with van der Waals surface area (Å²) in [6.45, 7) is 2.00. The van der Waals surface area contributed by atoms with Gasteiger partial charge in [-0.15, -0.1) is 0 Å². The molecule has 0 aliphatic carbocycles. The van der Waals surface area contributed by atoms with E-state index in [1.54, 1.807) is 66.7 Å². The Bertz CT molecular complexity index is 1900. The van der Waals surface area contributed by atoms with Crippen molar-refractivity contribution >= 4 is 50.3 Å². The molecule has 6 rings (SSSR count). The van der Waals surface area contributed by atoms with E-state index < -0.39 is 51.9 Å². The minimum Gasteiger partial charge on any atom is -0.434 e. The Hall–Kier alpha value is -4.14. The van der Waals surface area contributed by atoms with Crippen LogP contribution in [0.1, 0.15) is 60.0 Å². The monoisotopic (exact) mass is 735 g/mol. The van der Waals surface area contributed by atoms with Gasteiger partial charge in [0.05, 0.1) is 19.0 Å². The number of Topliss-reactive ketones (excluding diaryl/α,β-unsaturated/α-hetero) is 1. The molecule has 14 heteroatoms. The Balaban J connectivity index is 1.26. The molecule has 0 unspecified atom stereocenters. The second-order valence-corrected chi connectivity index (χ2v) is 15.4. The van der Waals surface area contributed by atoms with Crippen LogP contribution in [0.25, 0.3) is 11.1 Å². The maximum atomic E-state index is 14.3. The molecule has 0 spiro atoms. The molecule has 0 radical (unpaired) electrons. The van der Waals surface area contributed by atoms with Gasteiger partial charge in [-0.05, 0) is 80.1 Å². The molecule has 3 heterocycles. The largest absolute Gasteiger partial charge is 0.434 e. The van der Waals surface area contributed by atoms with Crippen LogP contribution in [0.2, 0.25) is 5.02 Å². The lowest BCUT2D eigenvalue weighted by atomic mass is 9.91. The smallest absolute Gasteiger partial charge is 0.266 e. The molecule has 1 aromatic heterocycles. The predicted octanol–water partition coefficient (Wildman–Crippen LogP) is 4.41. The standard InChI is InChI=1S/C37H42ClN5O7S/c1-51(47,48)42-30(16-13-24-17-19-39-20-18-24)37(46)43-22-28(49-23-25-11-14-27(38)15-12-25)21-31(43)35(45)41-33(26-7-3-2-4-8-26)34(44)36-40-29-9-5-6-10-32(29)50-36/h2-12,14-15,24,28,30-31,33,39,42H,13,16-23H2,1H3,(H,41,45)/t28-,30-,31+,33+/m1/s1. The van der Waals surface area contributed by atoms with E-state index in [1.807, 2.05) is 12.1 Å². The number of ether oxygens (including phenoxy) is 1. The van der Waals surface area contributed by atoms with E-state index in [9.17, 15) is 22.8 Å². The van der Waals surface area contributed by atoms with Crippen molar-refractivity contribution < 1.29 is 32.0 Å². The Morgan fingerprint density at radius 1 is 1.02 bits per heavy atom. The van der Waals surface area contributed by atoms with E-state index >= 15 is 0 Å². The first-order valence-electron chi connectivity index (χ1n) is 17.1. The summed E-state index contributed by atoms with van der Waals surface area (Å²) >= 11 is 6.05. The molecule has 2 aliphatic rings. The summed E-state index contributed by atoms with van der Waals surface area (Å²) in [6, 6.07) is 19.6. The zero-order valence-corrected chi connectivity index (χ0v) is 29.9. The molecular formula is C37H42ClN5O7S. The number of likely N-dealkylation sites (tertiary alicyclic amines) is 1. The number of rotatable bonds is 14. The van der Waals surface area contributed by atoms with Gasteiger partial charge >= 0.3 is 0 Å². The Morgan fingerprint density at radius 2 is 1.73 bits per heavy atom. The highest BCUT2D eigenvalue weighted by Crippen LogP contribution is 2.28. The zero-order chi connectivity index (χ0) is 36.0. The highest BCUT2D eigenvalue weighted by Gasteiger charge is 2.44. The quantitative estimate of drug-likeness (QED) is 0.160. The number of nitrogens with one attached hydrogen (secondary N) is 3. The number of hydrogen-bond donors (Lipinski definition) is 3. The number of ketones is 1. The number of para-hydroxylation sites is 2. The fourth-order valence-corrected chi connectivity index (χ4v) is 7.62. The molecule has 270 valence electrons. The van der Waals surface area contributed by atoms with Gasteiger partial charge in [0, 0.05) is 18.0 Å². The summed E-state index contributed by atoms with van der Waals surface area (Å²) in [5.41, 5.74) is 2.29. The SMILES string of the molecule is CS(=O)(=O)N[C@H](CCC1CCNCC1)C(=O)N1C[C@H](OCc2ccc(Cl)cc2)C[C@H]1C(=O)N[C@H](C(=O)c1nc2ccccc2o1)c1ccccc1. The molecule has 2 saturated heterocycles. The van der Waals surface area contributed by atoms with E-state index in [0.717, 1.165) is 37.8 Å². The molecular weight excluding hydrogens is 694 g/mol.